The quantitative estimate of drug-likeness (QED) is 0.878. The maximum atomic E-state index is 13.2. The average Bonchev–Trinajstić information content (AvgIpc) is 2.85. The molecule has 3 nitrogen and oxygen atoms in total. The third-order valence-electron chi connectivity index (χ3n) is 3.07. The van der Waals surface area contributed by atoms with Crippen LogP contribution < -0.4 is 5.32 Å². The molecule has 0 aliphatic carbocycles. The second-order valence-electron chi connectivity index (χ2n) is 4.68. The van der Waals surface area contributed by atoms with Crippen LogP contribution in [0.25, 0.3) is 0 Å². The number of nitrogens with one attached hydrogen (secondary N) is 1. The van der Waals surface area contributed by atoms with Gasteiger partial charge in [0.15, 0.2) is 0 Å². The van der Waals surface area contributed by atoms with Crippen molar-refractivity contribution in [3.8, 4) is 0 Å². The molecule has 2 aromatic rings. The van der Waals surface area contributed by atoms with Gasteiger partial charge in [-0.25, -0.2) is 4.39 Å². The molecule has 0 radical (unpaired) electrons. The van der Waals surface area contributed by atoms with Crippen LogP contribution in [0.2, 0.25) is 5.02 Å². The lowest BCUT2D eigenvalue weighted by molar-refractivity contribution is 0.533. The van der Waals surface area contributed by atoms with E-state index in [1.165, 1.54) is 17.6 Å². The molecule has 0 aliphatic rings. The number of hydrogen-bond donors (Lipinski definition) is 1. The summed E-state index contributed by atoms with van der Waals surface area (Å²) < 4.78 is 17.2. The fourth-order valence-corrected chi connectivity index (χ4v) is 2.96. The van der Waals surface area contributed by atoms with E-state index in [-0.39, 0.29) is 16.9 Å². The van der Waals surface area contributed by atoms with E-state index in [2.05, 4.69) is 21.8 Å². The van der Waals surface area contributed by atoms with Gasteiger partial charge in [-0.1, -0.05) is 29.1 Å². The Labute approximate surface area is 127 Å². The van der Waals surface area contributed by atoms with Crippen LogP contribution in [0.4, 0.5) is 4.39 Å². The Morgan fingerprint density at radius 1 is 1.45 bits per heavy atom. The van der Waals surface area contributed by atoms with E-state index in [0.717, 1.165) is 35.5 Å². The van der Waals surface area contributed by atoms with Gasteiger partial charge in [0.05, 0.1) is 15.6 Å². The fraction of sp³-hybridized carbons (Fsp3) is 0.429. The molecule has 6 heteroatoms. The number of hydrogen-bond acceptors (Lipinski definition) is 4. The standard InChI is InChI=1S/C14H17ClFN3S/c1-3-6-17-13(14-9(2)18-19-20-14)8-10-4-5-12(16)11(15)7-10/h4-5,7,13,17H,3,6,8H2,1-2H3. The van der Waals surface area contributed by atoms with Crippen molar-refractivity contribution in [2.45, 2.75) is 32.7 Å². The summed E-state index contributed by atoms with van der Waals surface area (Å²) in [5.41, 5.74) is 1.94. The normalized spacial score (nSPS) is 12.6. The van der Waals surface area contributed by atoms with E-state index in [0.29, 0.717) is 0 Å². The van der Waals surface area contributed by atoms with Gasteiger partial charge in [0.1, 0.15) is 5.82 Å². The van der Waals surface area contributed by atoms with Gasteiger partial charge < -0.3 is 5.32 Å². The van der Waals surface area contributed by atoms with Crippen LogP contribution in [0, 0.1) is 12.7 Å². The van der Waals surface area contributed by atoms with Crippen LogP contribution in [0.15, 0.2) is 18.2 Å². The van der Waals surface area contributed by atoms with Gasteiger partial charge in [0.2, 0.25) is 0 Å². The van der Waals surface area contributed by atoms with Gasteiger partial charge in [-0.05, 0) is 55.5 Å². The van der Waals surface area contributed by atoms with Crippen LogP contribution in [0.5, 0.6) is 0 Å². The highest BCUT2D eigenvalue weighted by molar-refractivity contribution is 7.05. The molecule has 0 fully saturated rings. The lowest BCUT2D eigenvalue weighted by Gasteiger charge is -2.17. The Balaban J connectivity index is 2.19. The van der Waals surface area contributed by atoms with Gasteiger partial charge in [0.25, 0.3) is 0 Å². The zero-order valence-electron chi connectivity index (χ0n) is 11.5. The SMILES string of the molecule is CCCNC(Cc1ccc(F)c(Cl)c1)c1snnc1C. The van der Waals surface area contributed by atoms with Crippen molar-refractivity contribution in [1.29, 1.82) is 0 Å². The van der Waals surface area contributed by atoms with E-state index >= 15 is 0 Å². The summed E-state index contributed by atoms with van der Waals surface area (Å²) in [6.07, 6.45) is 1.79. The Morgan fingerprint density at radius 3 is 2.85 bits per heavy atom. The molecule has 0 saturated carbocycles. The van der Waals surface area contributed by atoms with E-state index in [9.17, 15) is 4.39 Å². The zero-order chi connectivity index (χ0) is 14.5. The molecule has 0 saturated heterocycles. The highest BCUT2D eigenvalue weighted by Crippen LogP contribution is 2.25. The molecule has 1 aromatic carbocycles. The maximum Gasteiger partial charge on any atom is 0.141 e. The van der Waals surface area contributed by atoms with Crippen LogP contribution in [0.3, 0.4) is 0 Å². The first-order chi connectivity index (χ1) is 9.61. The molecule has 108 valence electrons. The lowest BCUT2D eigenvalue weighted by atomic mass is 10.0. The zero-order valence-corrected chi connectivity index (χ0v) is 13.1. The highest BCUT2D eigenvalue weighted by Gasteiger charge is 2.17. The molecular weight excluding hydrogens is 297 g/mol. The second kappa shape index (κ2) is 7.11. The third kappa shape index (κ3) is 3.75. The number of rotatable bonds is 6. The first kappa shape index (κ1) is 15.4. The highest BCUT2D eigenvalue weighted by atomic mass is 35.5. The maximum absolute atomic E-state index is 13.2. The Kier molecular flexibility index (Phi) is 5.46. The average molecular weight is 314 g/mol. The van der Waals surface area contributed by atoms with Crippen molar-refractivity contribution < 1.29 is 4.39 Å². The van der Waals surface area contributed by atoms with E-state index < -0.39 is 0 Å². The van der Waals surface area contributed by atoms with E-state index in [4.69, 9.17) is 11.6 Å². The molecule has 1 atom stereocenters. The van der Waals surface area contributed by atoms with Gasteiger partial charge in [-0.3, -0.25) is 0 Å². The third-order valence-corrected chi connectivity index (χ3v) is 4.30. The predicted molar refractivity (Wildman–Crippen MR) is 80.8 cm³/mol. The minimum absolute atomic E-state index is 0.136. The molecule has 20 heavy (non-hydrogen) atoms. The molecule has 0 amide bonds. The minimum atomic E-state index is -0.385. The van der Waals surface area contributed by atoms with Crippen molar-refractivity contribution in [2.75, 3.05) is 6.54 Å². The van der Waals surface area contributed by atoms with Crippen molar-refractivity contribution in [3.63, 3.8) is 0 Å². The van der Waals surface area contributed by atoms with Crippen molar-refractivity contribution in [3.05, 3.63) is 45.2 Å². The summed E-state index contributed by atoms with van der Waals surface area (Å²) in [4.78, 5) is 1.12. The smallest absolute Gasteiger partial charge is 0.141 e. The Bertz CT molecular complexity index is 573. The summed E-state index contributed by atoms with van der Waals surface area (Å²) in [6.45, 7) is 4.99. The van der Waals surface area contributed by atoms with E-state index in [1.807, 2.05) is 6.92 Å². The topological polar surface area (TPSA) is 37.8 Å². The van der Waals surface area contributed by atoms with Gasteiger partial charge in [-0.2, -0.15) is 0 Å². The summed E-state index contributed by atoms with van der Waals surface area (Å²) in [5.74, 6) is -0.385. The van der Waals surface area contributed by atoms with Crippen LogP contribution in [-0.2, 0) is 6.42 Å². The molecule has 2 rings (SSSR count). The Hall–Kier alpha value is -1.04. The number of nitrogens with zero attached hydrogens (tertiary/aromatic N) is 2. The molecule has 1 N–H and O–H groups in total. The van der Waals surface area contributed by atoms with Gasteiger partial charge >= 0.3 is 0 Å². The summed E-state index contributed by atoms with van der Waals surface area (Å²) in [5, 5.41) is 7.71. The summed E-state index contributed by atoms with van der Waals surface area (Å²) in [7, 11) is 0. The first-order valence-corrected chi connectivity index (χ1v) is 7.73. The van der Waals surface area contributed by atoms with Gasteiger partial charge in [-0.15, -0.1) is 5.10 Å². The largest absolute Gasteiger partial charge is 0.309 e. The minimum Gasteiger partial charge on any atom is -0.309 e. The molecule has 0 aliphatic heterocycles. The first-order valence-electron chi connectivity index (χ1n) is 6.58. The van der Waals surface area contributed by atoms with Crippen molar-refractivity contribution >= 4 is 23.1 Å². The lowest BCUT2D eigenvalue weighted by Crippen LogP contribution is -2.24. The summed E-state index contributed by atoms with van der Waals surface area (Å²) in [6, 6.07) is 5.00. The van der Waals surface area contributed by atoms with Crippen LogP contribution >= 0.6 is 23.1 Å². The predicted octanol–water partition coefficient (Wildman–Crippen LogP) is 3.92. The molecule has 1 heterocycles. The number of aromatic nitrogens is 2. The molecule has 1 unspecified atom stereocenters. The number of halogens is 2. The Morgan fingerprint density at radius 2 is 2.25 bits per heavy atom. The van der Waals surface area contributed by atoms with Crippen LogP contribution in [0.1, 0.15) is 35.5 Å². The van der Waals surface area contributed by atoms with Gasteiger partial charge in [0, 0.05) is 6.04 Å². The van der Waals surface area contributed by atoms with E-state index in [1.54, 1.807) is 12.1 Å². The summed E-state index contributed by atoms with van der Waals surface area (Å²) >= 11 is 7.24. The molecule has 1 aromatic heterocycles. The fourth-order valence-electron chi connectivity index (χ4n) is 2.04. The number of benzene rings is 1. The van der Waals surface area contributed by atoms with Crippen LogP contribution in [-0.4, -0.2) is 16.1 Å². The number of aryl methyl sites for hydroxylation is 1. The second-order valence-corrected chi connectivity index (χ2v) is 5.87. The van der Waals surface area contributed by atoms with Crippen molar-refractivity contribution in [2.24, 2.45) is 0 Å². The van der Waals surface area contributed by atoms with Crippen molar-refractivity contribution in [1.82, 2.24) is 14.9 Å². The molecule has 0 bridgehead atoms. The monoisotopic (exact) mass is 313 g/mol. The molecule has 0 spiro atoms. The molecular formula is C14H17ClFN3S.